The van der Waals surface area contributed by atoms with Crippen molar-refractivity contribution in [3.8, 4) is 0 Å². The van der Waals surface area contributed by atoms with Gasteiger partial charge in [0.15, 0.2) is 0 Å². The minimum atomic E-state index is -2.35. The van der Waals surface area contributed by atoms with Gasteiger partial charge < -0.3 is 10.0 Å². The Morgan fingerprint density at radius 2 is 2.14 bits per heavy atom. The highest BCUT2D eigenvalue weighted by Gasteiger charge is 2.47. The lowest BCUT2D eigenvalue weighted by Crippen LogP contribution is -2.41. The van der Waals surface area contributed by atoms with Gasteiger partial charge in [0.05, 0.1) is 16.8 Å². The second kappa shape index (κ2) is 6.64. The molecular formula is C14H14Cl2FNO3S. The van der Waals surface area contributed by atoms with Crippen molar-refractivity contribution in [3.63, 3.8) is 0 Å². The average molecular weight is 366 g/mol. The first kappa shape index (κ1) is 17.4. The maximum atomic E-state index is 14.0. The van der Waals surface area contributed by atoms with Crippen LogP contribution in [0.5, 0.6) is 0 Å². The summed E-state index contributed by atoms with van der Waals surface area (Å²) in [5.41, 5.74) is -2.35. The van der Waals surface area contributed by atoms with Crippen LogP contribution in [0.3, 0.4) is 0 Å². The Bertz CT molecular complexity index is 616. The fourth-order valence-corrected chi connectivity index (χ4v) is 3.70. The number of benzene rings is 1. The SMILES string of the molecule is CC(Sc1cc(Cl)ccc1Cl)C(=O)N1CCC(F)(C(=O)O)C1. The van der Waals surface area contributed by atoms with Gasteiger partial charge in [-0.15, -0.1) is 11.8 Å². The van der Waals surface area contributed by atoms with Crippen molar-refractivity contribution in [2.24, 2.45) is 0 Å². The molecule has 0 saturated carbocycles. The summed E-state index contributed by atoms with van der Waals surface area (Å²) in [7, 11) is 0. The maximum Gasteiger partial charge on any atom is 0.343 e. The predicted molar refractivity (Wildman–Crippen MR) is 84.5 cm³/mol. The molecule has 2 atom stereocenters. The lowest BCUT2D eigenvalue weighted by molar-refractivity contribution is -0.150. The van der Waals surface area contributed by atoms with E-state index in [1.165, 1.54) is 16.7 Å². The molecule has 0 aliphatic carbocycles. The summed E-state index contributed by atoms with van der Waals surface area (Å²) in [6.45, 7) is 1.34. The first-order chi connectivity index (χ1) is 10.2. The molecule has 1 saturated heterocycles. The number of hydrogen-bond donors (Lipinski definition) is 1. The van der Waals surface area contributed by atoms with Crippen LogP contribution in [-0.2, 0) is 9.59 Å². The average Bonchev–Trinajstić information content (AvgIpc) is 2.86. The van der Waals surface area contributed by atoms with Gasteiger partial charge in [0, 0.05) is 22.9 Å². The number of amides is 1. The molecule has 120 valence electrons. The molecule has 8 heteroatoms. The Morgan fingerprint density at radius 3 is 2.73 bits per heavy atom. The first-order valence-electron chi connectivity index (χ1n) is 6.56. The second-order valence-electron chi connectivity index (χ2n) is 5.12. The fourth-order valence-electron chi connectivity index (χ4n) is 2.20. The molecule has 1 amide bonds. The minimum Gasteiger partial charge on any atom is -0.479 e. The third-order valence-electron chi connectivity index (χ3n) is 3.46. The summed E-state index contributed by atoms with van der Waals surface area (Å²) in [6.07, 6.45) is -0.191. The van der Waals surface area contributed by atoms with E-state index in [9.17, 15) is 14.0 Å². The van der Waals surface area contributed by atoms with Gasteiger partial charge in [-0.25, -0.2) is 9.18 Å². The highest BCUT2D eigenvalue weighted by molar-refractivity contribution is 8.00. The van der Waals surface area contributed by atoms with Crippen molar-refractivity contribution in [1.29, 1.82) is 0 Å². The fraction of sp³-hybridized carbons (Fsp3) is 0.429. The van der Waals surface area contributed by atoms with Crippen LogP contribution < -0.4 is 0 Å². The van der Waals surface area contributed by atoms with Crippen molar-refractivity contribution < 1.29 is 19.1 Å². The monoisotopic (exact) mass is 365 g/mol. The van der Waals surface area contributed by atoms with Crippen molar-refractivity contribution in [2.75, 3.05) is 13.1 Å². The number of aliphatic carboxylic acids is 1. The summed E-state index contributed by atoms with van der Waals surface area (Å²) in [4.78, 5) is 25.1. The van der Waals surface area contributed by atoms with Crippen LogP contribution in [0.25, 0.3) is 0 Å². The number of carbonyl (C=O) groups is 2. The van der Waals surface area contributed by atoms with Crippen molar-refractivity contribution in [3.05, 3.63) is 28.2 Å². The molecule has 1 aromatic rings. The summed E-state index contributed by atoms with van der Waals surface area (Å²) >= 11 is 13.2. The van der Waals surface area contributed by atoms with E-state index < -0.39 is 23.4 Å². The molecule has 1 heterocycles. The predicted octanol–water partition coefficient (Wildman–Crippen LogP) is 3.50. The number of carboxylic acid groups (broad SMARTS) is 1. The van der Waals surface area contributed by atoms with Gasteiger partial charge in [-0.05, 0) is 25.1 Å². The molecule has 1 aromatic carbocycles. The van der Waals surface area contributed by atoms with Crippen molar-refractivity contribution >= 4 is 46.8 Å². The number of halogens is 3. The zero-order valence-corrected chi connectivity index (χ0v) is 14.0. The van der Waals surface area contributed by atoms with Crippen molar-refractivity contribution in [1.82, 2.24) is 4.90 Å². The summed E-state index contributed by atoms with van der Waals surface area (Å²) < 4.78 is 14.0. The Labute approximate surface area is 141 Å². The molecule has 1 aliphatic heterocycles. The van der Waals surface area contributed by atoms with E-state index in [1.807, 2.05) is 0 Å². The molecule has 0 bridgehead atoms. The van der Waals surface area contributed by atoms with Gasteiger partial charge in [-0.2, -0.15) is 0 Å². The lowest BCUT2D eigenvalue weighted by Gasteiger charge is -2.21. The minimum absolute atomic E-state index is 0.0931. The zero-order valence-electron chi connectivity index (χ0n) is 11.7. The number of nitrogens with zero attached hydrogens (tertiary/aromatic N) is 1. The summed E-state index contributed by atoms with van der Waals surface area (Å²) in [5.74, 6) is -1.84. The Hall–Kier alpha value is -0.980. The summed E-state index contributed by atoms with van der Waals surface area (Å²) in [6, 6.07) is 4.93. The van der Waals surface area contributed by atoms with Gasteiger partial charge in [-0.3, -0.25) is 4.79 Å². The van der Waals surface area contributed by atoms with E-state index in [1.54, 1.807) is 25.1 Å². The van der Waals surface area contributed by atoms with Crippen LogP contribution in [0.15, 0.2) is 23.1 Å². The number of thioether (sulfide) groups is 1. The molecule has 22 heavy (non-hydrogen) atoms. The molecule has 1 fully saturated rings. The van der Waals surface area contributed by atoms with Crippen LogP contribution in [0.2, 0.25) is 10.0 Å². The quantitative estimate of drug-likeness (QED) is 0.829. The van der Waals surface area contributed by atoms with E-state index >= 15 is 0 Å². The Kier molecular flexibility index (Phi) is 5.25. The Balaban J connectivity index is 2.04. The van der Waals surface area contributed by atoms with Crippen LogP contribution in [0, 0.1) is 0 Å². The molecule has 0 radical (unpaired) electrons. The van der Waals surface area contributed by atoms with Crippen LogP contribution in [-0.4, -0.2) is 45.9 Å². The molecule has 1 aliphatic rings. The third kappa shape index (κ3) is 3.67. The molecule has 0 spiro atoms. The molecule has 0 aromatic heterocycles. The van der Waals surface area contributed by atoms with E-state index in [2.05, 4.69) is 0 Å². The van der Waals surface area contributed by atoms with Gasteiger partial charge >= 0.3 is 5.97 Å². The number of likely N-dealkylation sites (tertiary alicyclic amines) is 1. The largest absolute Gasteiger partial charge is 0.479 e. The lowest BCUT2D eigenvalue weighted by atomic mass is 10.1. The number of hydrogen-bond acceptors (Lipinski definition) is 3. The number of carbonyl (C=O) groups excluding carboxylic acids is 1. The number of carboxylic acids is 1. The maximum absolute atomic E-state index is 14.0. The Morgan fingerprint density at radius 1 is 1.45 bits per heavy atom. The molecule has 1 N–H and O–H groups in total. The number of alkyl halides is 1. The highest BCUT2D eigenvalue weighted by Crippen LogP contribution is 2.34. The van der Waals surface area contributed by atoms with E-state index in [4.69, 9.17) is 28.3 Å². The van der Waals surface area contributed by atoms with E-state index in [0.29, 0.717) is 14.9 Å². The van der Waals surface area contributed by atoms with Gasteiger partial charge in [0.2, 0.25) is 11.6 Å². The standard InChI is InChI=1S/C14H14Cl2FNO3S/c1-8(22-11-6-9(15)2-3-10(11)16)12(19)18-5-4-14(17,7-18)13(20)21/h2-3,6,8H,4-5,7H2,1H3,(H,20,21). The van der Waals surface area contributed by atoms with Crippen LogP contribution in [0.4, 0.5) is 4.39 Å². The molecular weight excluding hydrogens is 352 g/mol. The van der Waals surface area contributed by atoms with E-state index in [-0.39, 0.29) is 18.9 Å². The van der Waals surface area contributed by atoms with Crippen LogP contribution >= 0.6 is 35.0 Å². The smallest absolute Gasteiger partial charge is 0.343 e. The van der Waals surface area contributed by atoms with E-state index in [0.717, 1.165) is 0 Å². The number of rotatable bonds is 4. The molecule has 2 rings (SSSR count). The second-order valence-corrected chi connectivity index (χ2v) is 7.34. The first-order valence-corrected chi connectivity index (χ1v) is 8.19. The van der Waals surface area contributed by atoms with Gasteiger partial charge in [-0.1, -0.05) is 23.2 Å². The van der Waals surface area contributed by atoms with Crippen molar-refractivity contribution in [2.45, 2.75) is 29.2 Å². The van der Waals surface area contributed by atoms with Crippen LogP contribution in [0.1, 0.15) is 13.3 Å². The molecule has 2 unspecified atom stereocenters. The normalized spacial score (nSPS) is 22.6. The van der Waals surface area contributed by atoms with Gasteiger partial charge in [0.25, 0.3) is 0 Å². The summed E-state index contributed by atoms with van der Waals surface area (Å²) in [5, 5.41) is 9.32. The topological polar surface area (TPSA) is 57.6 Å². The zero-order chi connectivity index (χ0) is 16.5. The highest BCUT2D eigenvalue weighted by atomic mass is 35.5. The molecule has 4 nitrogen and oxygen atoms in total. The third-order valence-corrected chi connectivity index (χ3v) is 5.28. The van der Waals surface area contributed by atoms with Gasteiger partial charge in [0.1, 0.15) is 0 Å².